The summed E-state index contributed by atoms with van der Waals surface area (Å²) in [5, 5.41) is 3.31. The summed E-state index contributed by atoms with van der Waals surface area (Å²) in [5.74, 6) is 0.801. The van der Waals surface area contributed by atoms with E-state index in [0.717, 1.165) is 51.9 Å². The van der Waals surface area contributed by atoms with Gasteiger partial charge in [-0.25, -0.2) is 0 Å². The SMILES string of the molecule is CC(C)CN(C)C.CCNCCN1CCOCC1. The third kappa shape index (κ3) is 12.3. The Morgan fingerprint density at radius 1 is 1.22 bits per heavy atom. The highest BCUT2D eigenvalue weighted by molar-refractivity contribution is 4.62. The fourth-order valence-electron chi connectivity index (χ4n) is 1.97. The molecular formula is C14H33N3O. The Hall–Kier alpha value is -0.160. The van der Waals surface area contributed by atoms with Crippen LogP contribution >= 0.6 is 0 Å². The first kappa shape index (κ1) is 17.8. The van der Waals surface area contributed by atoms with Gasteiger partial charge in [0.15, 0.2) is 0 Å². The van der Waals surface area contributed by atoms with Gasteiger partial charge in [0.05, 0.1) is 13.2 Å². The average molecular weight is 259 g/mol. The first-order chi connectivity index (χ1) is 8.56. The molecule has 4 nitrogen and oxygen atoms in total. The summed E-state index contributed by atoms with van der Waals surface area (Å²) in [6.07, 6.45) is 0. The third-order valence-electron chi connectivity index (χ3n) is 2.69. The number of rotatable bonds is 6. The lowest BCUT2D eigenvalue weighted by molar-refractivity contribution is 0.0385. The van der Waals surface area contributed by atoms with Crippen molar-refractivity contribution in [3.8, 4) is 0 Å². The van der Waals surface area contributed by atoms with Crippen LogP contribution in [0.15, 0.2) is 0 Å². The Morgan fingerprint density at radius 3 is 2.22 bits per heavy atom. The van der Waals surface area contributed by atoms with Gasteiger partial charge < -0.3 is 15.0 Å². The molecule has 1 fully saturated rings. The number of morpholine rings is 1. The standard InChI is InChI=1S/C8H18N2O.C6H15N/c1-2-9-3-4-10-5-7-11-8-6-10;1-6(2)5-7(3)4/h9H,2-8H2,1H3;6H,5H2,1-4H3. The van der Waals surface area contributed by atoms with Crippen molar-refractivity contribution in [2.75, 3.05) is 66.6 Å². The zero-order valence-corrected chi connectivity index (χ0v) is 13.0. The van der Waals surface area contributed by atoms with Crippen molar-refractivity contribution in [2.24, 2.45) is 5.92 Å². The highest BCUT2D eigenvalue weighted by Gasteiger charge is 2.08. The predicted molar refractivity (Wildman–Crippen MR) is 79.2 cm³/mol. The van der Waals surface area contributed by atoms with E-state index in [4.69, 9.17) is 4.74 Å². The minimum atomic E-state index is 0.801. The summed E-state index contributed by atoms with van der Waals surface area (Å²) in [6, 6.07) is 0. The van der Waals surface area contributed by atoms with E-state index < -0.39 is 0 Å². The van der Waals surface area contributed by atoms with Crippen LogP contribution in [0.3, 0.4) is 0 Å². The Labute approximate surface area is 114 Å². The number of hydrogen-bond donors (Lipinski definition) is 1. The Kier molecular flexibility index (Phi) is 11.8. The molecule has 1 heterocycles. The molecule has 4 heteroatoms. The fourth-order valence-corrected chi connectivity index (χ4v) is 1.97. The Balaban J connectivity index is 0.000000360. The van der Waals surface area contributed by atoms with Crippen LogP contribution in [0.5, 0.6) is 0 Å². The second-order valence-electron chi connectivity index (χ2n) is 5.46. The van der Waals surface area contributed by atoms with Crippen LogP contribution in [0, 0.1) is 5.92 Å². The molecule has 0 aliphatic carbocycles. The van der Waals surface area contributed by atoms with Gasteiger partial charge in [-0.15, -0.1) is 0 Å². The highest BCUT2D eigenvalue weighted by atomic mass is 16.5. The molecule has 0 atom stereocenters. The van der Waals surface area contributed by atoms with E-state index in [-0.39, 0.29) is 0 Å². The lowest BCUT2D eigenvalue weighted by Crippen LogP contribution is -2.40. The summed E-state index contributed by atoms with van der Waals surface area (Å²) >= 11 is 0. The largest absolute Gasteiger partial charge is 0.379 e. The van der Waals surface area contributed by atoms with Crippen LogP contribution < -0.4 is 5.32 Å². The first-order valence-electron chi connectivity index (χ1n) is 7.21. The second kappa shape index (κ2) is 11.9. The molecule has 1 rings (SSSR count). The van der Waals surface area contributed by atoms with Gasteiger partial charge in [-0.05, 0) is 33.1 Å². The van der Waals surface area contributed by atoms with Gasteiger partial charge in [0.25, 0.3) is 0 Å². The van der Waals surface area contributed by atoms with Crippen LogP contribution in [0.2, 0.25) is 0 Å². The van der Waals surface area contributed by atoms with Gasteiger partial charge in [-0.2, -0.15) is 0 Å². The maximum atomic E-state index is 5.24. The summed E-state index contributed by atoms with van der Waals surface area (Å²) in [4.78, 5) is 4.64. The molecular weight excluding hydrogens is 226 g/mol. The topological polar surface area (TPSA) is 27.7 Å². The molecule has 0 aromatic carbocycles. The van der Waals surface area contributed by atoms with Crippen LogP contribution in [-0.4, -0.2) is 76.4 Å². The zero-order chi connectivity index (χ0) is 13.8. The lowest BCUT2D eigenvalue weighted by atomic mass is 10.2. The normalized spacial score (nSPS) is 16.8. The molecule has 0 saturated carbocycles. The number of hydrogen-bond acceptors (Lipinski definition) is 4. The van der Waals surface area contributed by atoms with Gasteiger partial charge in [0, 0.05) is 26.2 Å². The summed E-state index contributed by atoms with van der Waals surface area (Å²) in [5.41, 5.74) is 0. The molecule has 18 heavy (non-hydrogen) atoms. The number of ether oxygens (including phenoxy) is 1. The van der Waals surface area contributed by atoms with E-state index in [9.17, 15) is 0 Å². The molecule has 0 radical (unpaired) electrons. The van der Waals surface area contributed by atoms with Crippen molar-refractivity contribution in [1.29, 1.82) is 0 Å². The van der Waals surface area contributed by atoms with Gasteiger partial charge in [0.2, 0.25) is 0 Å². The van der Waals surface area contributed by atoms with Crippen molar-refractivity contribution in [1.82, 2.24) is 15.1 Å². The third-order valence-corrected chi connectivity index (χ3v) is 2.69. The molecule has 0 unspecified atom stereocenters. The first-order valence-corrected chi connectivity index (χ1v) is 7.21. The van der Waals surface area contributed by atoms with Crippen molar-refractivity contribution in [2.45, 2.75) is 20.8 Å². The molecule has 110 valence electrons. The smallest absolute Gasteiger partial charge is 0.0594 e. The van der Waals surface area contributed by atoms with Gasteiger partial charge in [-0.3, -0.25) is 4.90 Å². The van der Waals surface area contributed by atoms with E-state index in [1.807, 2.05) is 0 Å². The van der Waals surface area contributed by atoms with Crippen LogP contribution in [0.25, 0.3) is 0 Å². The maximum Gasteiger partial charge on any atom is 0.0594 e. The van der Waals surface area contributed by atoms with Crippen molar-refractivity contribution in [3.05, 3.63) is 0 Å². The molecule has 0 aromatic rings. The van der Waals surface area contributed by atoms with Gasteiger partial charge in [-0.1, -0.05) is 20.8 Å². The minimum Gasteiger partial charge on any atom is -0.379 e. The van der Waals surface area contributed by atoms with Crippen molar-refractivity contribution < 1.29 is 4.74 Å². The minimum absolute atomic E-state index is 0.801. The Bertz CT molecular complexity index is 162. The molecule has 1 aliphatic heterocycles. The highest BCUT2D eigenvalue weighted by Crippen LogP contribution is 1.94. The molecule has 1 aliphatic rings. The van der Waals surface area contributed by atoms with E-state index in [0.29, 0.717) is 0 Å². The van der Waals surface area contributed by atoms with Gasteiger partial charge >= 0.3 is 0 Å². The molecule has 1 saturated heterocycles. The van der Waals surface area contributed by atoms with Crippen molar-refractivity contribution >= 4 is 0 Å². The summed E-state index contributed by atoms with van der Waals surface area (Å²) in [7, 11) is 4.19. The van der Waals surface area contributed by atoms with Crippen LogP contribution in [0.4, 0.5) is 0 Å². The number of likely N-dealkylation sites (N-methyl/N-ethyl adjacent to an activating group) is 1. The van der Waals surface area contributed by atoms with Gasteiger partial charge in [0.1, 0.15) is 0 Å². The lowest BCUT2D eigenvalue weighted by Gasteiger charge is -2.26. The quantitative estimate of drug-likeness (QED) is 0.724. The van der Waals surface area contributed by atoms with E-state index >= 15 is 0 Å². The fraction of sp³-hybridized carbons (Fsp3) is 1.00. The molecule has 0 bridgehead atoms. The van der Waals surface area contributed by atoms with E-state index in [1.165, 1.54) is 6.54 Å². The second-order valence-corrected chi connectivity index (χ2v) is 5.46. The number of nitrogens with zero attached hydrogens (tertiary/aromatic N) is 2. The zero-order valence-electron chi connectivity index (χ0n) is 13.0. The molecule has 1 N–H and O–H groups in total. The Morgan fingerprint density at radius 2 is 1.83 bits per heavy atom. The van der Waals surface area contributed by atoms with E-state index in [1.54, 1.807) is 0 Å². The summed E-state index contributed by atoms with van der Waals surface area (Å²) in [6.45, 7) is 15.1. The monoisotopic (exact) mass is 259 g/mol. The van der Waals surface area contributed by atoms with Crippen molar-refractivity contribution in [3.63, 3.8) is 0 Å². The predicted octanol–water partition coefficient (Wildman–Crippen LogP) is 1.13. The van der Waals surface area contributed by atoms with Crippen LogP contribution in [0.1, 0.15) is 20.8 Å². The summed E-state index contributed by atoms with van der Waals surface area (Å²) < 4.78 is 5.24. The van der Waals surface area contributed by atoms with Crippen LogP contribution in [-0.2, 0) is 4.74 Å². The molecule has 0 aromatic heterocycles. The number of nitrogens with one attached hydrogen (secondary N) is 1. The average Bonchev–Trinajstić information content (AvgIpc) is 2.30. The molecule has 0 amide bonds. The maximum absolute atomic E-state index is 5.24. The molecule has 0 spiro atoms. The van der Waals surface area contributed by atoms with E-state index in [2.05, 4.69) is 50.0 Å².